The number of phenols is 1. The van der Waals surface area contributed by atoms with Gasteiger partial charge in [-0.25, -0.2) is 4.90 Å². The van der Waals surface area contributed by atoms with Gasteiger partial charge >= 0.3 is 0 Å². The highest BCUT2D eigenvalue weighted by atomic mass is 16.6. The van der Waals surface area contributed by atoms with Crippen molar-refractivity contribution in [1.82, 2.24) is 0 Å². The molecule has 2 fully saturated rings. The summed E-state index contributed by atoms with van der Waals surface area (Å²) in [5, 5.41) is 30.2. The van der Waals surface area contributed by atoms with Crippen molar-refractivity contribution < 1.29 is 48.6 Å². The van der Waals surface area contributed by atoms with Crippen LogP contribution in [0.25, 0.3) is 0 Å². The Hall–Kier alpha value is -4.26. The second-order valence-corrected chi connectivity index (χ2v) is 13.2. The van der Waals surface area contributed by atoms with E-state index in [9.17, 15) is 24.9 Å². The first kappa shape index (κ1) is 34.6. The standard InChI is InChI=1S/C38H43NO10/c1-4-45-19-28(41)21-47-30-13-5-24(6-14-30)37(2,3)25-7-15-31(16-8-25)48-22-29(42)20-46-23-38-18-17-32(49-38)33-34(38)36(44)39(35(33)43)26-9-11-27(40)12-10-26/h5-18,28-29,32-34,40-42H,4,19-23H2,1-3H3. The molecule has 0 aliphatic carbocycles. The number of phenolic OH excluding ortho intramolecular Hbond substituents is 1. The third kappa shape index (κ3) is 7.08. The zero-order valence-corrected chi connectivity index (χ0v) is 27.9. The van der Waals surface area contributed by atoms with E-state index >= 15 is 0 Å². The Morgan fingerprint density at radius 2 is 1.35 bits per heavy atom. The van der Waals surface area contributed by atoms with E-state index in [2.05, 4.69) is 13.8 Å². The minimum absolute atomic E-state index is 0.00606. The van der Waals surface area contributed by atoms with Crippen molar-refractivity contribution in [1.29, 1.82) is 0 Å². The third-order valence-electron chi connectivity index (χ3n) is 9.45. The minimum atomic E-state index is -1.10. The molecule has 3 aliphatic heterocycles. The highest BCUT2D eigenvalue weighted by Gasteiger charge is 2.68. The first-order valence-electron chi connectivity index (χ1n) is 16.5. The van der Waals surface area contributed by atoms with Gasteiger partial charge in [0.1, 0.15) is 48.3 Å². The van der Waals surface area contributed by atoms with Gasteiger partial charge in [0.25, 0.3) is 0 Å². The number of nitrogens with zero attached hydrogens (tertiary/aromatic N) is 1. The summed E-state index contributed by atoms with van der Waals surface area (Å²) in [4.78, 5) is 27.9. The lowest BCUT2D eigenvalue weighted by molar-refractivity contribution is -0.130. The summed E-state index contributed by atoms with van der Waals surface area (Å²) in [5.41, 5.74) is 1.16. The topological polar surface area (TPSA) is 144 Å². The summed E-state index contributed by atoms with van der Waals surface area (Å²) in [6, 6.07) is 21.4. The van der Waals surface area contributed by atoms with Gasteiger partial charge in [-0.3, -0.25) is 9.59 Å². The Bertz CT molecular complexity index is 1640. The van der Waals surface area contributed by atoms with Crippen LogP contribution in [0.1, 0.15) is 31.9 Å². The van der Waals surface area contributed by atoms with Crippen molar-refractivity contribution >= 4 is 17.5 Å². The number of rotatable bonds is 16. The number of imide groups is 1. The summed E-state index contributed by atoms with van der Waals surface area (Å²) in [6.45, 7) is 7.00. The van der Waals surface area contributed by atoms with E-state index in [1.54, 1.807) is 12.2 Å². The van der Waals surface area contributed by atoms with Gasteiger partial charge in [-0.05, 0) is 66.6 Å². The smallest absolute Gasteiger partial charge is 0.241 e. The number of carbonyl (C=O) groups is 2. The number of benzene rings is 3. The molecule has 6 unspecified atom stereocenters. The molecule has 2 saturated heterocycles. The number of ether oxygens (including phenoxy) is 5. The molecule has 2 bridgehead atoms. The molecule has 11 nitrogen and oxygen atoms in total. The van der Waals surface area contributed by atoms with E-state index in [0.717, 1.165) is 16.0 Å². The number of aliphatic hydroxyl groups is 2. The SMILES string of the molecule is CCOCC(O)COc1ccc(C(C)(C)c2ccc(OCC(O)COCC34C=CC(O3)C3C(=O)N(c5ccc(O)cc5)C(=O)C34)cc2)cc1. The molecule has 0 spiro atoms. The summed E-state index contributed by atoms with van der Waals surface area (Å²) >= 11 is 0. The number of aliphatic hydroxyl groups excluding tert-OH is 2. The van der Waals surface area contributed by atoms with E-state index in [1.807, 2.05) is 55.5 Å². The molecule has 11 heteroatoms. The van der Waals surface area contributed by atoms with E-state index < -0.39 is 35.7 Å². The van der Waals surface area contributed by atoms with Crippen molar-refractivity contribution in [3.8, 4) is 17.2 Å². The number of aromatic hydroxyl groups is 1. The second-order valence-electron chi connectivity index (χ2n) is 13.2. The Kier molecular flexibility index (Phi) is 10.1. The fourth-order valence-corrected chi connectivity index (χ4v) is 6.72. The summed E-state index contributed by atoms with van der Waals surface area (Å²) in [7, 11) is 0. The molecule has 3 aliphatic rings. The van der Waals surface area contributed by atoms with Crippen LogP contribution >= 0.6 is 0 Å². The van der Waals surface area contributed by atoms with Crippen molar-refractivity contribution in [2.24, 2.45) is 11.8 Å². The molecule has 3 aromatic rings. The van der Waals surface area contributed by atoms with Crippen LogP contribution in [0.4, 0.5) is 5.69 Å². The molecular formula is C38H43NO10. The molecule has 6 rings (SSSR count). The lowest BCUT2D eigenvalue weighted by atomic mass is 9.77. The van der Waals surface area contributed by atoms with Gasteiger partial charge in [0.05, 0.1) is 43.4 Å². The van der Waals surface area contributed by atoms with Crippen LogP contribution < -0.4 is 14.4 Å². The van der Waals surface area contributed by atoms with Gasteiger partial charge in [-0.2, -0.15) is 0 Å². The Morgan fingerprint density at radius 1 is 0.796 bits per heavy atom. The Balaban J connectivity index is 0.978. The minimum Gasteiger partial charge on any atom is -0.508 e. The van der Waals surface area contributed by atoms with Crippen LogP contribution in [-0.2, 0) is 29.2 Å². The monoisotopic (exact) mass is 673 g/mol. The van der Waals surface area contributed by atoms with Crippen molar-refractivity contribution in [2.45, 2.75) is 50.1 Å². The highest BCUT2D eigenvalue weighted by molar-refractivity contribution is 6.23. The van der Waals surface area contributed by atoms with Crippen LogP contribution in [0, 0.1) is 11.8 Å². The largest absolute Gasteiger partial charge is 0.508 e. The van der Waals surface area contributed by atoms with E-state index in [0.29, 0.717) is 23.8 Å². The molecule has 49 heavy (non-hydrogen) atoms. The summed E-state index contributed by atoms with van der Waals surface area (Å²) in [5.74, 6) is -0.796. The van der Waals surface area contributed by atoms with E-state index in [4.69, 9.17) is 23.7 Å². The van der Waals surface area contributed by atoms with Gasteiger partial charge < -0.3 is 39.0 Å². The van der Waals surface area contributed by atoms with E-state index in [1.165, 1.54) is 24.3 Å². The second kappa shape index (κ2) is 14.3. The van der Waals surface area contributed by atoms with Gasteiger partial charge in [0.15, 0.2) is 0 Å². The average molecular weight is 674 g/mol. The molecule has 3 aromatic carbocycles. The highest BCUT2D eigenvalue weighted by Crippen LogP contribution is 2.52. The molecule has 260 valence electrons. The zero-order chi connectivity index (χ0) is 34.8. The molecule has 6 atom stereocenters. The summed E-state index contributed by atoms with van der Waals surface area (Å²) < 4.78 is 28.7. The fraction of sp³-hybridized carbons (Fsp3) is 0.421. The molecular weight excluding hydrogens is 630 g/mol. The van der Waals surface area contributed by atoms with Crippen molar-refractivity contribution in [2.75, 3.05) is 44.5 Å². The predicted molar refractivity (Wildman–Crippen MR) is 180 cm³/mol. The molecule has 0 aromatic heterocycles. The molecule has 2 amide bonds. The summed E-state index contributed by atoms with van der Waals surface area (Å²) in [6.07, 6.45) is 1.42. The van der Waals surface area contributed by atoms with Crippen LogP contribution in [0.3, 0.4) is 0 Å². The normalized spacial score (nSPS) is 23.9. The number of hydrogen-bond donors (Lipinski definition) is 3. The lowest BCUT2D eigenvalue weighted by Crippen LogP contribution is -2.44. The van der Waals surface area contributed by atoms with Crippen molar-refractivity contribution in [3.63, 3.8) is 0 Å². The molecule has 0 radical (unpaired) electrons. The number of anilines is 1. The first-order chi connectivity index (χ1) is 23.5. The van der Waals surface area contributed by atoms with Crippen LogP contribution in [0.5, 0.6) is 17.2 Å². The molecule has 0 saturated carbocycles. The zero-order valence-electron chi connectivity index (χ0n) is 27.9. The van der Waals surface area contributed by atoms with Gasteiger partial charge in [-0.1, -0.05) is 50.3 Å². The molecule has 3 heterocycles. The Labute approximate surface area is 285 Å². The Morgan fingerprint density at radius 3 is 1.90 bits per heavy atom. The number of fused-ring (bicyclic) bond motifs is 5. The van der Waals surface area contributed by atoms with Crippen LogP contribution in [-0.4, -0.2) is 90.7 Å². The first-order valence-corrected chi connectivity index (χ1v) is 16.5. The number of amides is 2. The maximum Gasteiger partial charge on any atom is 0.241 e. The third-order valence-corrected chi connectivity index (χ3v) is 9.45. The van der Waals surface area contributed by atoms with Gasteiger partial charge in [-0.15, -0.1) is 0 Å². The van der Waals surface area contributed by atoms with E-state index in [-0.39, 0.29) is 56.0 Å². The van der Waals surface area contributed by atoms with Gasteiger partial charge in [0, 0.05) is 12.0 Å². The maximum absolute atomic E-state index is 13.5. The quantitative estimate of drug-likeness (QED) is 0.152. The van der Waals surface area contributed by atoms with Crippen molar-refractivity contribution in [3.05, 3.63) is 96.1 Å². The predicted octanol–water partition coefficient (Wildman–Crippen LogP) is 3.76. The average Bonchev–Trinajstić information content (AvgIpc) is 3.75. The number of carbonyl (C=O) groups excluding carboxylic acids is 2. The maximum atomic E-state index is 13.5. The van der Waals surface area contributed by atoms with Crippen LogP contribution in [0.2, 0.25) is 0 Å². The molecule has 3 N–H and O–H groups in total. The number of hydrogen-bond acceptors (Lipinski definition) is 10. The fourth-order valence-electron chi connectivity index (χ4n) is 6.72. The lowest BCUT2D eigenvalue weighted by Gasteiger charge is -2.29. The van der Waals surface area contributed by atoms with Crippen LogP contribution in [0.15, 0.2) is 84.9 Å². The van der Waals surface area contributed by atoms with Gasteiger partial charge in [0.2, 0.25) is 11.8 Å².